The fourth-order valence-corrected chi connectivity index (χ4v) is 2.77. The first-order valence-electron chi connectivity index (χ1n) is 9.25. The number of hydrogen-bond donors (Lipinski definition) is 1. The maximum absolute atomic E-state index is 12.7. The summed E-state index contributed by atoms with van der Waals surface area (Å²) >= 11 is 4.90. The third-order valence-corrected chi connectivity index (χ3v) is 4.31. The maximum Gasteiger partial charge on any atom is 0.347 e. The molecular weight excluding hydrogens is 390 g/mol. The van der Waals surface area contributed by atoms with E-state index in [1.54, 1.807) is 30.3 Å². The van der Waals surface area contributed by atoms with Crippen molar-refractivity contribution in [2.24, 2.45) is 5.73 Å². The highest BCUT2D eigenvalue weighted by Crippen LogP contribution is 2.24. The second-order valence-corrected chi connectivity index (χ2v) is 6.96. The Bertz CT molecular complexity index is 921. The van der Waals surface area contributed by atoms with Crippen LogP contribution in [0.3, 0.4) is 0 Å². The maximum atomic E-state index is 12.7. The molecule has 0 saturated carbocycles. The predicted molar refractivity (Wildman–Crippen MR) is 113 cm³/mol. The minimum Gasteiger partial charge on any atom is -0.426 e. The average Bonchev–Trinajstić information content (AvgIpc) is 2.67. The topological polar surface area (TPSA) is 95.7 Å². The van der Waals surface area contributed by atoms with Crippen LogP contribution in [0.15, 0.2) is 42.5 Å². The summed E-state index contributed by atoms with van der Waals surface area (Å²) in [5.41, 5.74) is 6.92. The van der Waals surface area contributed by atoms with E-state index in [4.69, 9.17) is 27.4 Å². The highest BCUT2D eigenvalue weighted by Gasteiger charge is 2.18. The molecule has 0 aliphatic heterocycles. The largest absolute Gasteiger partial charge is 0.426 e. The molecule has 2 rings (SSSR count). The van der Waals surface area contributed by atoms with Crippen LogP contribution in [0, 0.1) is 0 Å². The molecule has 2 N–H and O–H groups in total. The van der Waals surface area contributed by atoms with E-state index in [0.29, 0.717) is 17.5 Å². The van der Waals surface area contributed by atoms with Crippen LogP contribution in [-0.4, -0.2) is 22.7 Å². The minimum absolute atomic E-state index is 0.0689. The molecule has 2 aromatic carbocycles. The van der Waals surface area contributed by atoms with Crippen LogP contribution in [-0.2, 0) is 16.0 Å². The van der Waals surface area contributed by atoms with E-state index in [1.807, 2.05) is 6.92 Å². The van der Waals surface area contributed by atoms with Gasteiger partial charge in [-0.15, -0.1) is 0 Å². The molecule has 0 atom stereocenters. The Labute approximate surface area is 175 Å². The second kappa shape index (κ2) is 10.5. The summed E-state index contributed by atoms with van der Waals surface area (Å²) in [6.07, 6.45) is 2.43. The lowest BCUT2D eigenvalue weighted by Gasteiger charge is -2.11. The van der Waals surface area contributed by atoms with Gasteiger partial charge in [-0.1, -0.05) is 31.6 Å². The van der Waals surface area contributed by atoms with Gasteiger partial charge in [-0.3, -0.25) is 9.59 Å². The molecule has 0 fully saturated rings. The highest BCUT2D eigenvalue weighted by atomic mass is 32.1. The van der Waals surface area contributed by atoms with Gasteiger partial charge in [-0.05, 0) is 48.4 Å². The van der Waals surface area contributed by atoms with Crippen LogP contribution in [0.4, 0.5) is 0 Å². The normalized spacial score (nSPS) is 10.3. The van der Waals surface area contributed by atoms with Crippen LogP contribution in [0.2, 0.25) is 0 Å². The SMILES string of the molecule is CCCCC(=O)Cc1ccc(OC(C)=O)c(C(=O)Oc2ccc(C(N)=S)cc2)c1. The molecule has 29 heavy (non-hydrogen) atoms. The summed E-state index contributed by atoms with van der Waals surface area (Å²) in [7, 11) is 0. The number of thiocarbonyl (C=S) groups is 1. The first kappa shape index (κ1) is 22.2. The summed E-state index contributed by atoms with van der Waals surface area (Å²) in [5.74, 6) is -0.821. The van der Waals surface area contributed by atoms with Gasteiger partial charge < -0.3 is 15.2 Å². The summed E-state index contributed by atoms with van der Waals surface area (Å²) in [6.45, 7) is 3.26. The standard InChI is InChI=1S/C22H23NO5S/c1-3-4-5-17(25)12-15-6-11-20(27-14(2)24)19(13-15)22(26)28-18-9-7-16(8-10-18)21(23)29/h6-11,13H,3-5,12H2,1-2H3,(H2,23,29). The highest BCUT2D eigenvalue weighted by molar-refractivity contribution is 7.80. The number of ketones is 1. The molecule has 0 radical (unpaired) electrons. The number of nitrogens with two attached hydrogens (primary N) is 1. The number of carbonyl (C=O) groups excluding carboxylic acids is 3. The fraction of sp³-hybridized carbons (Fsp3) is 0.273. The van der Waals surface area contributed by atoms with Crippen molar-refractivity contribution in [1.82, 2.24) is 0 Å². The Morgan fingerprint density at radius 1 is 1.03 bits per heavy atom. The van der Waals surface area contributed by atoms with Crippen molar-refractivity contribution in [3.8, 4) is 11.5 Å². The van der Waals surface area contributed by atoms with Crippen molar-refractivity contribution in [1.29, 1.82) is 0 Å². The van der Waals surface area contributed by atoms with Gasteiger partial charge in [-0.25, -0.2) is 4.79 Å². The summed E-state index contributed by atoms with van der Waals surface area (Å²) in [5, 5.41) is 0. The van der Waals surface area contributed by atoms with Crippen molar-refractivity contribution >= 4 is 34.9 Å². The molecule has 0 aliphatic carbocycles. The molecule has 2 aromatic rings. The lowest BCUT2D eigenvalue weighted by molar-refractivity contribution is -0.131. The lowest BCUT2D eigenvalue weighted by Crippen LogP contribution is -2.14. The van der Waals surface area contributed by atoms with Gasteiger partial charge >= 0.3 is 11.9 Å². The first-order valence-corrected chi connectivity index (χ1v) is 9.66. The van der Waals surface area contributed by atoms with Gasteiger partial charge in [0, 0.05) is 25.3 Å². The fourth-order valence-electron chi connectivity index (χ4n) is 2.63. The van der Waals surface area contributed by atoms with Gasteiger partial charge in [0.2, 0.25) is 0 Å². The number of benzene rings is 2. The van der Waals surface area contributed by atoms with Crippen molar-refractivity contribution in [3.63, 3.8) is 0 Å². The quantitative estimate of drug-likeness (QED) is 0.380. The van der Waals surface area contributed by atoms with E-state index in [9.17, 15) is 14.4 Å². The molecule has 0 aromatic heterocycles. The van der Waals surface area contributed by atoms with Gasteiger partial charge in [0.1, 0.15) is 27.8 Å². The number of esters is 2. The number of unbranched alkanes of at least 4 members (excludes halogenated alkanes) is 1. The Hall–Kier alpha value is -3.06. The molecule has 6 nitrogen and oxygen atoms in total. The van der Waals surface area contributed by atoms with Crippen LogP contribution in [0.25, 0.3) is 0 Å². The number of carbonyl (C=O) groups is 3. The van der Waals surface area contributed by atoms with E-state index in [1.165, 1.54) is 19.1 Å². The zero-order valence-electron chi connectivity index (χ0n) is 16.4. The minimum atomic E-state index is -0.702. The Morgan fingerprint density at radius 2 is 1.72 bits per heavy atom. The molecular formula is C22H23NO5S. The molecule has 0 spiro atoms. The summed E-state index contributed by atoms with van der Waals surface area (Å²) < 4.78 is 10.5. The zero-order chi connectivity index (χ0) is 21.4. The molecule has 152 valence electrons. The molecule has 0 unspecified atom stereocenters. The van der Waals surface area contributed by atoms with Gasteiger partial charge in [0.25, 0.3) is 0 Å². The van der Waals surface area contributed by atoms with Crippen molar-refractivity contribution < 1.29 is 23.9 Å². The molecule has 0 amide bonds. The van der Waals surface area contributed by atoms with Crippen molar-refractivity contribution in [2.45, 2.75) is 39.5 Å². The van der Waals surface area contributed by atoms with Crippen LogP contribution >= 0.6 is 12.2 Å². The second-order valence-electron chi connectivity index (χ2n) is 6.52. The van der Waals surface area contributed by atoms with Gasteiger partial charge in [0.05, 0.1) is 0 Å². The average molecular weight is 413 g/mol. The molecule has 0 heterocycles. The van der Waals surface area contributed by atoms with Gasteiger partial charge in [-0.2, -0.15) is 0 Å². The van der Waals surface area contributed by atoms with Crippen molar-refractivity contribution in [3.05, 3.63) is 59.2 Å². The summed E-state index contributed by atoms with van der Waals surface area (Å²) in [6, 6.07) is 11.1. The van der Waals surface area contributed by atoms with E-state index in [-0.39, 0.29) is 34.3 Å². The number of rotatable bonds is 9. The Balaban J connectivity index is 2.24. The molecule has 0 bridgehead atoms. The first-order chi connectivity index (χ1) is 13.8. The Morgan fingerprint density at radius 3 is 2.31 bits per heavy atom. The monoisotopic (exact) mass is 413 g/mol. The van der Waals surface area contributed by atoms with Crippen molar-refractivity contribution in [2.75, 3.05) is 0 Å². The lowest BCUT2D eigenvalue weighted by atomic mass is 10.0. The van der Waals surface area contributed by atoms with Crippen LogP contribution in [0.1, 0.15) is 54.6 Å². The zero-order valence-corrected chi connectivity index (χ0v) is 17.2. The van der Waals surface area contributed by atoms with Crippen LogP contribution < -0.4 is 15.2 Å². The molecule has 0 aliphatic rings. The van der Waals surface area contributed by atoms with E-state index in [0.717, 1.165) is 12.8 Å². The third-order valence-electron chi connectivity index (χ3n) is 4.08. The van der Waals surface area contributed by atoms with E-state index < -0.39 is 11.9 Å². The number of hydrogen-bond acceptors (Lipinski definition) is 6. The van der Waals surface area contributed by atoms with E-state index >= 15 is 0 Å². The van der Waals surface area contributed by atoms with Crippen LogP contribution in [0.5, 0.6) is 11.5 Å². The molecule has 7 heteroatoms. The number of Topliss-reactive ketones (excluding diaryl/α,β-unsaturated/α-hetero) is 1. The van der Waals surface area contributed by atoms with Gasteiger partial charge in [0.15, 0.2) is 0 Å². The molecule has 0 saturated heterocycles. The third kappa shape index (κ3) is 6.80. The Kier molecular flexibility index (Phi) is 8.03. The predicted octanol–water partition coefficient (Wildman–Crippen LogP) is 3.77. The summed E-state index contributed by atoms with van der Waals surface area (Å²) in [4.78, 5) is 36.4. The smallest absolute Gasteiger partial charge is 0.347 e. The van der Waals surface area contributed by atoms with E-state index in [2.05, 4.69) is 0 Å². The number of ether oxygens (including phenoxy) is 2.